The van der Waals surface area contributed by atoms with Crippen molar-refractivity contribution in [1.29, 1.82) is 0 Å². The molecule has 1 aliphatic heterocycles. The van der Waals surface area contributed by atoms with Gasteiger partial charge in [-0.05, 0) is 36.4 Å². The van der Waals surface area contributed by atoms with Crippen LogP contribution >= 0.6 is 0 Å². The normalized spacial score (nSPS) is 16.3. The summed E-state index contributed by atoms with van der Waals surface area (Å²) < 4.78 is 18.5. The molecule has 0 saturated carbocycles. The van der Waals surface area contributed by atoms with Crippen molar-refractivity contribution >= 4 is 23.6 Å². The molecular weight excluding hydrogens is 397 g/mol. The molecule has 3 rings (SSSR count). The van der Waals surface area contributed by atoms with Crippen LogP contribution in [-0.2, 0) is 25.7 Å². The van der Waals surface area contributed by atoms with Gasteiger partial charge in [0.25, 0.3) is 0 Å². The van der Waals surface area contributed by atoms with Crippen LogP contribution in [0, 0.1) is 11.7 Å². The van der Waals surface area contributed by atoms with E-state index in [0.717, 1.165) is 0 Å². The predicted molar refractivity (Wildman–Crippen MR) is 99.9 cm³/mol. The largest absolute Gasteiger partial charge is 0.480 e. The van der Waals surface area contributed by atoms with Crippen LogP contribution < -0.4 is 10.1 Å². The topological polar surface area (TPSA) is 126 Å². The van der Waals surface area contributed by atoms with Crippen molar-refractivity contribution in [3.05, 3.63) is 54.1 Å². The Bertz CT molecular complexity index is 962. The van der Waals surface area contributed by atoms with Gasteiger partial charge in [-0.25, -0.2) is 4.39 Å². The van der Waals surface area contributed by atoms with Gasteiger partial charge in [0.2, 0.25) is 11.8 Å². The average molecular weight is 415 g/mol. The van der Waals surface area contributed by atoms with Gasteiger partial charge in [0.05, 0.1) is 18.4 Å². The second-order valence-electron chi connectivity index (χ2n) is 6.56. The van der Waals surface area contributed by atoms with Crippen LogP contribution in [0.25, 0.3) is 0 Å². The molecule has 1 aromatic heterocycles. The number of hydrogen-bond acceptors (Lipinski definition) is 6. The summed E-state index contributed by atoms with van der Waals surface area (Å²) in [6, 6.07) is 8.74. The molecule has 0 spiro atoms. The Kier molecular flexibility index (Phi) is 6.35. The highest BCUT2D eigenvalue weighted by Gasteiger charge is 2.40. The molecule has 2 amide bonds. The Morgan fingerprint density at radius 2 is 1.87 bits per heavy atom. The van der Waals surface area contributed by atoms with Crippen molar-refractivity contribution in [2.24, 2.45) is 5.92 Å². The van der Waals surface area contributed by atoms with E-state index in [4.69, 9.17) is 9.84 Å². The SMILES string of the molecule is O=C(O)CNC(=O)C1C(=O)CCN(Cc2ccc(Oc3ccc(F)cc3)cn2)C1=O. The minimum atomic E-state index is -1.56. The number of nitrogens with zero attached hydrogens (tertiary/aromatic N) is 2. The summed E-state index contributed by atoms with van der Waals surface area (Å²) in [5.74, 6) is -4.52. The Hall–Kier alpha value is -3.82. The molecule has 30 heavy (non-hydrogen) atoms. The number of carbonyl (C=O) groups is 4. The fourth-order valence-corrected chi connectivity index (χ4v) is 2.90. The quantitative estimate of drug-likeness (QED) is 0.649. The number of ether oxygens (including phenoxy) is 1. The fourth-order valence-electron chi connectivity index (χ4n) is 2.90. The maximum Gasteiger partial charge on any atom is 0.322 e. The minimum Gasteiger partial charge on any atom is -0.480 e. The molecule has 156 valence electrons. The van der Waals surface area contributed by atoms with E-state index in [1.54, 1.807) is 12.1 Å². The Morgan fingerprint density at radius 1 is 1.17 bits per heavy atom. The Morgan fingerprint density at radius 3 is 2.50 bits per heavy atom. The number of pyridine rings is 1. The standard InChI is InChI=1S/C20H18FN3O6/c21-12-1-4-14(5-2-12)30-15-6-3-13(22-9-15)11-24-8-7-16(25)18(20(24)29)19(28)23-10-17(26)27/h1-6,9,18H,7-8,10-11H2,(H,23,28)(H,26,27). The van der Waals surface area contributed by atoms with Crippen molar-refractivity contribution < 1.29 is 33.4 Å². The van der Waals surface area contributed by atoms with E-state index in [1.165, 1.54) is 35.4 Å². The monoisotopic (exact) mass is 415 g/mol. The van der Waals surface area contributed by atoms with Gasteiger partial charge in [-0.3, -0.25) is 24.2 Å². The molecule has 2 heterocycles. The molecule has 0 bridgehead atoms. The third-order valence-corrected chi connectivity index (χ3v) is 4.38. The van der Waals surface area contributed by atoms with Gasteiger partial charge in [0, 0.05) is 13.0 Å². The van der Waals surface area contributed by atoms with Crippen LogP contribution in [0.15, 0.2) is 42.6 Å². The Labute approximate surface area is 170 Å². The molecule has 0 radical (unpaired) electrons. The average Bonchev–Trinajstić information content (AvgIpc) is 2.72. The van der Waals surface area contributed by atoms with E-state index < -0.39 is 36.0 Å². The van der Waals surface area contributed by atoms with Gasteiger partial charge < -0.3 is 20.1 Å². The highest BCUT2D eigenvalue weighted by Crippen LogP contribution is 2.22. The first-order valence-corrected chi connectivity index (χ1v) is 9.03. The molecular formula is C20H18FN3O6. The summed E-state index contributed by atoms with van der Waals surface area (Å²) in [5, 5.41) is 10.7. The number of ketones is 1. The van der Waals surface area contributed by atoms with Gasteiger partial charge in [0.15, 0.2) is 11.7 Å². The van der Waals surface area contributed by atoms with Crippen molar-refractivity contribution in [3.8, 4) is 11.5 Å². The summed E-state index contributed by atoms with van der Waals surface area (Å²) in [5.41, 5.74) is 0.508. The number of amides is 2. The second-order valence-corrected chi connectivity index (χ2v) is 6.56. The van der Waals surface area contributed by atoms with E-state index in [1.807, 2.05) is 0 Å². The van der Waals surface area contributed by atoms with E-state index in [2.05, 4.69) is 10.3 Å². The third kappa shape index (κ3) is 5.16. The number of benzene rings is 1. The van der Waals surface area contributed by atoms with E-state index in [9.17, 15) is 23.6 Å². The maximum atomic E-state index is 12.9. The summed E-state index contributed by atoms with van der Waals surface area (Å²) in [4.78, 5) is 52.8. The van der Waals surface area contributed by atoms with Gasteiger partial charge in [0.1, 0.15) is 23.9 Å². The number of carboxylic acid groups (broad SMARTS) is 1. The summed E-state index contributed by atoms with van der Waals surface area (Å²) >= 11 is 0. The number of piperidine rings is 1. The van der Waals surface area contributed by atoms with Crippen LogP contribution in [0.2, 0.25) is 0 Å². The van der Waals surface area contributed by atoms with E-state index in [-0.39, 0.29) is 25.3 Å². The molecule has 1 atom stereocenters. The van der Waals surface area contributed by atoms with Crippen LogP contribution in [0.1, 0.15) is 12.1 Å². The van der Waals surface area contributed by atoms with Crippen molar-refractivity contribution in [2.45, 2.75) is 13.0 Å². The number of aliphatic carboxylic acids is 1. The van der Waals surface area contributed by atoms with Gasteiger partial charge in [-0.2, -0.15) is 0 Å². The first kappa shape index (κ1) is 20.9. The molecule has 1 saturated heterocycles. The zero-order valence-corrected chi connectivity index (χ0v) is 15.7. The zero-order valence-electron chi connectivity index (χ0n) is 15.7. The Balaban J connectivity index is 1.62. The number of nitrogens with one attached hydrogen (secondary N) is 1. The molecule has 1 aliphatic rings. The molecule has 2 aromatic rings. The van der Waals surface area contributed by atoms with Crippen LogP contribution in [0.5, 0.6) is 11.5 Å². The van der Waals surface area contributed by atoms with E-state index in [0.29, 0.717) is 17.2 Å². The van der Waals surface area contributed by atoms with Crippen molar-refractivity contribution in [3.63, 3.8) is 0 Å². The molecule has 1 fully saturated rings. The minimum absolute atomic E-state index is 0.0113. The fraction of sp³-hybridized carbons (Fsp3) is 0.250. The highest BCUT2D eigenvalue weighted by molar-refractivity contribution is 6.19. The molecule has 0 aliphatic carbocycles. The number of halogens is 1. The molecule has 1 aromatic carbocycles. The number of carboxylic acids is 1. The number of carbonyl (C=O) groups excluding carboxylic acids is 3. The number of rotatable bonds is 7. The smallest absolute Gasteiger partial charge is 0.322 e. The lowest BCUT2D eigenvalue weighted by Gasteiger charge is -2.30. The molecule has 2 N–H and O–H groups in total. The van der Waals surface area contributed by atoms with Crippen molar-refractivity contribution in [2.75, 3.05) is 13.1 Å². The first-order valence-electron chi connectivity index (χ1n) is 9.03. The zero-order chi connectivity index (χ0) is 21.7. The predicted octanol–water partition coefficient (Wildman–Crippen LogP) is 1.13. The van der Waals surface area contributed by atoms with Gasteiger partial charge >= 0.3 is 5.97 Å². The molecule has 9 nitrogen and oxygen atoms in total. The summed E-state index contributed by atoms with van der Waals surface area (Å²) in [6.45, 7) is -0.464. The lowest BCUT2D eigenvalue weighted by Crippen LogP contribution is -2.52. The van der Waals surface area contributed by atoms with E-state index >= 15 is 0 Å². The number of hydrogen-bond donors (Lipinski definition) is 2. The van der Waals surface area contributed by atoms with Gasteiger partial charge in [-0.15, -0.1) is 0 Å². The highest BCUT2D eigenvalue weighted by atomic mass is 19.1. The van der Waals surface area contributed by atoms with Crippen LogP contribution in [-0.4, -0.2) is 51.6 Å². The maximum absolute atomic E-state index is 12.9. The van der Waals surface area contributed by atoms with Crippen molar-refractivity contribution in [1.82, 2.24) is 15.2 Å². The van der Waals surface area contributed by atoms with Crippen LogP contribution in [0.4, 0.5) is 4.39 Å². The third-order valence-electron chi connectivity index (χ3n) is 4.38. The molecule has 10 heteroatoms. The number of likely N-dealkylation sites (tertiary alicyclic amines) is 1. The lowest BCUT2D eigenvalue weighted by atomic mass is 9.94. The number of Topliss-reactive ketones (excluding diaryl/α,β-unsaturated/α-hetero) is 1. The summed E-state index contributed by atoms with van der Waals surface area (Å²) in [7, 11) is 0. The lowest BCUT2D eigenvalue weighted by molar-refractivity contribution is -0.152. The second kappa shape index (κ2) is 9.12. The number of aromatic nitrogens is 1. The van der Waals surface area contributed by atoms with Gasteiger partial charge in [-0.1, -0.05) is 0 Å². The van der Waals surface area contributed by atoms with Crippen LogP contribution in [0.3, 0.4) is 0 Å². The first-order chi connectivity index (χ1) is 14.3. The summed E-state index contributed by atoms with van der Waals surface area (Å²) in [6.07, 6.45) is 1.43. The molecule has 1 unspecified atom stereocenters.